The normalized spacial score (nSPS) is 15.6. The molecule has 0 spiro atoms. The summed E-state index contributed by atoms with van der Waals surface area (Å²) in [5.41, 5.74) is 3.83. The van der Waals surface area contributed by atoms with E-state index in [2.05, 4.69) is 15.3 Å². The molecule has 1 aliphatic heterocycles. The zero-order chi connectivity index (χ0) is 23.4. The fraction of sp³-hybridized carbons (Fsp3) is 0.250. The van der Waals surface area contributed by atoms with Crippen LogP contribution in [0.2, 0.25) is 0 Å². The van der Waals surface area contributed by atoms with Crippen LogP contribution in [0.1, 0.15) is 23.9 Å². The van der Waals surface area contributed by atoms with Gasteiger partial charge in [0.05, 0.1) is 29.5 Å². The summed E-state index contributed by atoms with van der Waals surface area (Å²) < 4.78 is 22.6. The van der Waals surface area contributed by atoms with E-state index in [1.54, 1.807) is 47.0 Å². The van der Waals surface area contributed by atoms with E-state index in [1.165, 1.54) is 6.07 Å². The monoisotopic (exact) mass is 447 g/mol. The molecule has 0 aliphatic carbocycles. The van der Waals surface area contributed by atoms with E-state index in [1.807, 2.05) is 20.9 Å². The second kappa shape index (κ2) is 7.54. The number of rotatable bonds is 3. The first kappa shape index (κ1) is 20.9. The van der Waals surface area contributed by atoms with Gasteiger partial charge in [-0.05, 0) is 50.1 Å². The summed E-state index contributed by atoms with van der Waals surface area (Å²) in [6.07, 6.45) is 0.740. The number of carbonyl (C=O) groups excluding carboxylic acids is 1. The maximum atomic E-state index is 15.2. The Labute approximate surface area is 188 Å². The molecule has 5 rings (SSSR count). The molecule has 2 aromatic heterocycles. The third-order valence-corrected chi connectivity index (χ3v) is 6.20. The zero-order valence-electron chi connectivity index (χ0n) is 18.6. The first-order valence-corrected chi connectivity index (χ1v) is 10.5. The molecule has 9 heteroatoms. The number of hydrogen-bond acceptors (Lipinski definition) is 5. The number of H-pyrrole nitrogens is 1. The predicted molar refractivity (Wildman–Crippen MR) is 122 cm³/mol. The molecule has 0 saturated carbocycles. The number of aromatic amines is 1. The van der Waals surface area contributed by atoms with Crippen LogP contribution in [0, 0.1) is 19.7 Å². The van der Waals surface area contributed by atoms with Gasteiger partial charge >= 0.3 is 0 Å². The maximum Gasteiger partial charge on any atom is 0.272 e. The van der Waals surface area contributed by atoms with Crippen LogP contribution in [0.15, 0.2) is 41.3 Å². The molecule has 1 amide bonds. The van der Waals surface area contributed by atoms with Crippen LogP contribution in [-0.4, -0.2) is 32.0 Å². The number of carbonyl (C=O) groups is 1. The number of nitrogens with zero attached hydrogens (tertiary/aromatic N) is 4. The molecular weight excluding hydrogens is 425 g/mol. The molecule has 8 nitrogen and oxygen atoms in total. The van der Waals surface area contributed by atoms with Gasteiger partial charge in [0.2, 0.25) is 0 Å². The predicted octanol–water partition coefficient (Wildman–Crippen LogP) is 3.39. The smallest absolute Gasteiger partial charge is 0.272 e. The standard InChI is InChI=1S/C24H22FN5O3/c1-12-19(13(2)29(4)28-12)11-30-21-9-17(8-20(25)22(21)33-14(3)24(30)32)15-5-6-16-10-26-27-23(31)18(16)7-15/h5-10,14H,11H2,1-4H3,(H,27,31)/t14-/m1/s1. The van der Waals surface area contributed by atoms with Gasteiger partial charge in [-0.2, -0.15) is 10.2 Å². The molecule has 0 fully saturated rings. The van der Waals surface area contributed by atoms with Crippen molar-refractivity contribution in [2.45, 2.75) is 33.4 Å². The van der Waals surface area contributed by atoms with Crippen molar-refractivity contribution in [3.63, 3.8) is 0 Å². The highest BCUT2D eigenvalue weighted by atomic mass is 19.1. The summed E-state index contributed by atoms with van der Waals surface area (Å²) >= 11 is 0. The summed E-state index contributed by atoms with van der Waals surface area (Å²) in [4.78, 5) is 26.8. The molecule has 1 N–H and O–H groups in total. The van der Waals surface area contributed by atoms with Crippen molar-refractivity contribution in [3.8, 4) is 16.9 Å². The molecule has 33 heavy (non-hydrogen) atoms. The Bertz CT molecular complexity index is 1490. The lowest BCUT2D eigenvalue weighted by Crippen LogP contribution is -2.44. The zero-order valence-corrected chi connectivity index (χ0v) is 18.6. The van der Waals surface area contributed by atoms with Crippen LogP contribution in [0.5, 0.6) is 5.75 Å². The minimum absolute atomic E-state index is 0.0351. The molecule has 1 atom stereocenters. The highest BCUT2D eigenvalue weighted by Crippen LogP contribution is 2.41. The quantitative estimate of drug-likeness (QED) is 0.520. The van der Waals surface area contributed by atoms with Gasteiger partial charge < -0.3 is 9.64 Å². The summed E-state index contributed by atoms with van der Waals surface area (Å²) in [5.74, 6) is -0.800. The summed E-state index contributed by atoms with van der Waals surface area (Å²) in [6.45, 7) is 5.67. The molecule has 0 radical (unpaired) electrons. The molecule has 2 aromatic carbocycles. The Hall–Kier alpha value is -4.01. The summed E-state index contributed by atoms with van der Waals surface area (Å²) in [5, 5.41) is 11.8. The lowest BCUT2D eigenvalue weighted by molar-refractivity contribution is -0.125. The van der Waals surface area contributed by atoms with Gasteiger partial charge in [0.15, 0.2) is 17.7 Å². The summed E-state index contributed by atoms with van der Waals surface area (Å²) in [7, 11) is 1.85. The van der Waals surface area contributed by atoms with Crippen LogP contribution >= 0.6 is 0 Å². The van der Waals surface area contributed by atoms with E-state index in [0.29, 0.717) is 27.6 Å². The molecule has 168 valence electrons. The Morgan fingerprint density at radius 1 is 1.15 bits per heavy atom. The first-order valence-electron chi connectivity index (χ1n) is 10.5. The number of anilines is 1. The van der Waals surface area contributed by atoms with E-state index in [4.69, 9.17) is 4.74 Å². The molecule has 3 heterocycles. The highest BCUT2D eigenvalue weighted by Gasteiger charge is 2.35. The average molecular weight is 447 g/mol. The van der Waals surface area contributed by atoms with Crippen LogP contribution in [0.3, 0.4) is 0 Å². The largest absolute Gasteiger partial charge is 0.476 e. The Morgan fingerprint density at radius 2 is 1.94 bits per heavy atom. The second-order valence-corrected chi connectivity index (χ2v) is 8.26. The van der Waals surface area contributed by atoms with Crippen LogP contribution in [0.25, 0.3) is 21.9 Å². The average Bonchev–Trinajstić information content (AvgIpc) is 3.03. The molecule has 0 saturated heterocycles. The van der Waals surface area contributed by atoms with E-state index < -0.39 is 11.9 Å². The number of hydrogen-bond donors (Lipinski definition) is 1. The van der Waals surface area contributed by atoms with Crippen LogP contribution in [-0.2, 0) is 18.4 Å². The lowest BCUT2D eigenvalue weighted by Gasteiger charge is -2.33. The van der Waals surface area contributed by atoms with Gasteiger partial charge in [-0.15, -0.1) is 0 Å². The Balaban J connectivity index is 1.65. The first-order chi connectivity index (χ1) is 15.7. The van der Waals surface area contributed by atoms with Crippen molar-refractivity contribution < 1.29 is 13.9 Å². The molecule has 0 bridgehead atoms. The van der Waals surface area contributed by atoms with Crippen molar-refractivity contribution in [2.24, 2.45) is 7.05 Å². The number of halogens is 1. The number of fused-ring (bicyclic) bond motifs is 2. The van der Waals surface area contributed by atoms with Crippen molar-refractivity contribution in [1.82, 2.24) is 20.0 Å². The van der Waals surface area contributed by atoms with Crippen molar-refractivity contribution in [2.75, 3.05) is 4.90 Å². The number of amides is 1. The van der Waals surface area contributed by atoms with Crippen molar-refractivity contribution in [1.29, 1.82) is 0 Å². The van der Waals surface area contributed by atoms with Crippen molar-refractivity contribution in [3.05, 3.63) is 69.7 Å². The Morgan fingerprint density at radius 3 is 2.67 bits per heavy atom. The van der Waals surface area contributed by atoms with Crippen molar-refractivity contribution >= 4 is 22.4 Å². The SMILES string of the molecule is Cc1nn(C)c(C)c1CN1C(=O)[C@@H](C)Oc2c(F)cc(-c3ccc4cn[nH]c(=O)c4c3)cc21. The molecule has 4 aromatic rings. The highest BCUT2D eigenvalue weighted by molar-refractivity contribution is 6.00. The fourth-order valence-corrected chi connectivity index (χ4v) is 4.26. The van der Waals surface area contributed by atoms with E-state index in [0.717, 1.165) is 17.0 Å². The summed E-state index contributed by atoms with van der Waals surface area (Å²) in [6, 6.07) is 8.31. The van der Waals surface area contributed by atoms with E-state index in [9.17, 15) is 9.59 Å². The van der Waals surface area contributed by atoms with Gasteiger partial charge in [0.1, 0.15) is 0 Å². The van der Waals surface area contributed by atoms with E-state index >= 15 is 4.39 Å². The van der Waals surface area contributed by atoms with Gasteiger partial charge in [-0.3, -0.25) is 14.3 Å². The van der Waals surface area contributed by atoms with Gasteiger partial charge in [-0.1, -0.05) is 12.1 Å². The maximum absolute atomic E-state index is 15.2. The minimum Gasteiger partial charge on any atom is -0.476 e. The number of benzene rings is 2. The number of aryl methyl sites for hydroxylation is 2. The number of aromatic nitrogens is 4. The van der Waals surface area contributed by atoms with Crippen LogP contribution < -0.4 is 15.2 Å². The third kappa shape index (κ3) is 3.36. The lowest BCUT2D eigenvalue weighted by atomic mass is 10.00. The molecule has 1 aliphatic rings. The van der Waals surface area contributed by atoms with E-state index in [-0.39, 0.29) is 23.8 Å². The topological polar surface area (TPSA) is 93.1 Å². The fourth-order valence-electron chi connectivity index (χ4n) is 4.26. The minimum atomic E-state index is -0.818. The Kier molecular flexibility index (Phi) is 4.77. The van der Waals surface area contributed by atoms with Gasteiger partial charge in [-0.25, -0.2) is 9.49 Å². The van der Waals surface area contributed by atoms with Crippen LogP contribution in [0.4, 0.5) is 10.1 Å². The third-order valence-electron chi connectivity index (χ3n) is 6.20. The van der Waals surface area contributed by atoms with Gasteiger partial charge in [0, 0.05) is 23.7 Å². The molecule has 0 unspecified atom stereocenters. The second-order valence-electron chi connectivity index (χ2n) is 8.26. The van der Waals surface area contributed by atoms with Gasteiger partial charge in [0.25, 0.3) is 11.5 Å². The number of ether oxygens (including phenoxy) is 1. The number of nitrogens with one attached hydrogen (secondary N) is 1. The molecular formula is C24H22FN5O3.